The van der Waals surface area contributed by atoms with E-state index in [0.717, 1.165) is 22.2 Å². The van der Waals surface area contributed by atoms with Crippen LogP contribution in [0.2, 0.25) is 10.0 Å². The highest BCUT2D eigenvalue weighted by molar-refractivity contribution is 6.36. The largest absolute Gasteiger partial charge is 0.292 e. The lowest BCUT2D eigenvalue weighted by molar-refractivity contribution is -0.157. The van der Waals surface area contributed by atoms with Gasteiger partial charge in [0.1, 0.15) is 11.9 Å². The molecular weight excluding hydrogens is 530 g/mol. The van der Waals surface area contributed by atoms with Gasteiger partial charge in [-0.05, 0) is 67.1 Å². The van der Waals surface area contributed by atoms with Crippen LogP contribution in [0.15, 0.2) is 54.6 Å². The van der Waals surface area contributed by atoms with Crippen molar-refractivity contribution < 1.29 is 23.6 Å². The van der Waals surface area contributed by atoms with Gasteiger partial charge in [0.2, 0.25) is 0 Å². The molecule has 2 aromatic carbocycles. The van der Waals surface area contributed by atoms with Crippen LogP contribution in [0.5, 0.6) is 0 Å². The van der Waals surface area contributed by atoms with Crippen LogP contribution < -0.4 is 0 Å². The molecule has 2 aliphatic carbocycles. The summed E-state index contributed by atoms with van der Waals surface area (Å²) >= 11 is 18.3. The molecular formula is C26H20Cl3FN2O4. The molecule has 1 saturated carbocycles. The number of carbonyl (C=O) groups excluding carboxylic acids is 4. The number of hydrazine groups is 1. The summed E-state index contributed by atoms with van der Waals surface area (Å²) in [4.78, 5) is 54.9. The summed E-state index contributed by atoms with van der Waals surface area (Å²) in [7, 11) is 0. The number of halogens is 4. The third-order valence-corrected chi connectivity index (χ3v) is 7.91. The molecule has 0 unspecified atom stereocenters. The molecule has 0 aromatic heterocycles. The summed E-state index contributed by atoms with van der Waals surface area (Å²) in [6.45, 7) is 0. The van der Waals surface area contributed by atoms with E-state index in [1.54, 1.807) is 0 Å². The number of amides is 3. The van der Waals surface area contributed by atoms with E-state index in [2.05, 4.69) is 0 Å². The van der Waals surface area contributed by atoms with Gasteiger partial charge in [-0.2, -0.15) is 5.01 Å². The van der Waals surface area contributed by atoms with Crippen LogP contribution in [-0.2, 0) is 9.59 Å². The summed E-state index contributed by atoms with van der Waals surface area (Å²) in [5.74, 6) is -4.46. The van der Waals surface area contributed by atoms with Crippen LogP contribution in [0.4, 0.5) is 4.39 Å². The summed E-state index contributed by atoms with van der Waals surface area (Å²) in [6, 6.07) is 7.66. The van der Waals surface area contributed by atoms with Crippen molar-refractivity contribution in [1.29, 1.82) is 0 Å². The predicted octanol–water partition coefficient (Wildman–Crippen LogP) is 5.18. The Balaban J connectivity index is 1.61. The van der Waals surface area contributed by atoms with Gasteiger partial charge in [0.15, 0.2) is 5.78 Å². The summed E-state index contributed by atoms with van der Waals surface area (Å²) in [5.41, 5.74) is 0.0684. The van der Waals surface area contributed by atoms with E-state index < -0.39 is 47.2 Å². The third-order valence-electron chi connectivity index (χ3n) is 7.14. The minimum atomic E-state index is -1.32. The van der Waals surface area contributed by atoms with Crippen molar-refractivity contribution in [1.82, 2.24) is 10.0 Å². The van der Waals surface area contributed by atoms with Crippen LogP contribution in [0.3, 0.4) is 0 Å². The zero-order valence-corrected chi connectivity index (χ0v) is 21.0. The number of hydrogen-bond acceptors (Lipinski definition) is 4. The van der Waals surface area contributed by atoms with Gasteiger partial charge in [0.05, 0.1) is 22.4 Å². The molecule has 1 heterocycles. The summed E-state index contributed by atoms with van der Waals surface area (Å²) in [5, 5.41) is 1.99. The molecule has 186 valence electrons. The van der Waals surface area contributed by atoms with E-state index in [4.69, 9.17) is 34.8 Å². The Bertz CT molecular complexity index is 1270. The topological polar surface area (TPSA) is 74.8 Å². The maximum absolute atomic E-state index is 13.9. The number of imide groups is 1. The van der Waals surface area contributed by atoms with Crippen molar-refractivity contribution in [3.05, 3.63) is 81.6 Å². The van der Waals surface area contributed by atoms with Crippen LogP contribution in [0, 0.1) is 29.5 Å². The van der Waals surface area contributed by atoms with Crippen molar-refractivity contribution in [2.24, 2.45) is 23.7 Å². The number of alkyl halides is 1. The minimum Gasteiger partial charge on any atom is -0.292 e. The summed E-state index contributed by atoms with van der Waals surface area (Å²) in [6.07, 6.45) is 4.51. The van der Waals surface area contributed by atoms with Crippen LogP contribution in [-0.4, -0.2) is 45.4 Å². The second-order valence-corrected chi connectivity index (χ2v) is 10.3. The lowest BCUT2D eigenvalue weighted by Crippen LogP contribution is -2.58. The quantitative estimate of drug-likeness (QED) is 0.207. The molecule has 5 atom stereocenters. The number of Topliss-reactive ketones (excluding diaryl/α,β-unsaturated/α-hetero) is 1. The molecule has 0 spiro atoms. The molecule has 1 aliphatic heterocycles. The summed E-state index contributed by atoms with van der Waals surface area (Å²) < 4.78 is 13.5. The zero-order chi connectivity index (χ0) is 25.7. The molecule has 5 rings (SSSR count). The highest BCUT2D eigenvalue weighted by atomic mass is 35.5. The molecule has 3 aliphatic rings. The van der Waals surface area contributed by atoms with Gasteiger partial charge >= 0.3 is 0 Å². The standard InChI is InChI=1S/C26H20Cl3FN2O4/c27-10-9-20(23(33)13-3-6-17(30)7-4-13)31(24(34)18-8-5-16(28)12-19(18)29)32-25(35)21-14-1-2-15(11-14)22(21)26(32)36/h1-8,12,14-15,20-22H,9-11H2/t14-,15-,20-,21-,22+/m0/s1. The number of hydrogen-bond donors (Lipinski definition) is 0. The lowest BCUT2D eigenvalue weighted by Gasteiger charge is -2.37. The van der Waals surface area contributed by atoms with E-state index in [9.17, 15) is 23.6 Å². The first kappa shape index (κ1) is 24.9. The third kappa shape index (κ3) is 4.03. The Labute approximate surface area is 221 Å². The Morgan fingerprint density at radius 2 is 1.61 bits per heavy atom. The van der Waals surface area contributed by atoms with Crippen LogP contribution >= 0.6 is 34.8 Å². The van der Waals surface area contributed by atoms with Gasteiger partial charge < -0.3 is 0 Å². The molecule has 6 nitrogen and oxygen atoms in total. The van der Waals surface area contributed by atoms with Crippen molar-refractivity contribution >= 4 is 58.3 Å². The SMILES string of the molecule is O=C(c1ccc(F)cc1)[C@H](CCCl)N(C(=O)c1ccc(Cl)cc1Cl)N1C(=O)[C@@H]2[C@H](C1=O)[C@H]1C=C[C@H]2C1. The number of allylic oxidation sites excluding steroid dienone is 2. The maximum atomic E-state index is 13.9. The number of fused-ring (bicyclic) bond motifs is 5. The van der Waals surface area contributed by atoms with Gasteiger partial charge in [-0.25, -0.2) is 9.40 Å². The van der Waals surface area contributed by atoms with Gasteiger partial charge in [-0.3, -0.25) is 19.2 Å². The average molecular weight is 550 g/mol. The first-order chi connectivity index (χ1) is 17.2. The normalized spacial score (nSPS) is 24.8. The molecule has 2 fully saturated rings. The van der Waals surface area contributed by atoms with E-state index in [1.807, 2.05) is 12.2 Å². The molecule has 36 heavy (non-hydrogen) atoms. The van der Waals surface area contributed by atoms with E-state index in [0.29, 0.717) is 6.42 Å². The number of ketones is 1. The Kier molecular flexibility index (Phi) is 6.66. The number of carbonyl (C=O) groups is 4. The molecule has 0 radical (unpaired) electrons. The van der Waals surface area contributed by atoms with Crippen molar-refractivity contribution in [3.8, 4) is 0 Å². The monoisotopic (exact) mass is 548 g/mol. The fraction of sp³-hybridized carbons (Fsp3) is 0.308. The lowest BCUT2D eigenvalue weighted by atomic mass is 9.85. The Morgan fingerprint density at radius 1 is 1.00 bits per heavy atom. The molecule has 2 bridgehead atoms. The highest BCUT2D eigenvalue weighted by Gasteiger charge is 2.62. The predicted molar refractivity (Wildman–Crippen MR) is 132 cm³/mol. The fourth-order valence-corrected chi connectivity index (χ4v) is 6.23. The maximum Gasteiger partial charge on any atom is 0.275 e. The fourth-order valence-electron chi connectivity index (χ4n) is 5.53. The Morgan fingerprint density at radius 3 is 2.17 bits per heavy atom. The van der Waals surface area contributed by atoms with Crippen molar-refractivity contribution in [3.63, 3.8) is 0 Å². The molecule has 10 heteroatoms. The molecule has 2 aromatic rings. The van der Waals surface area contributed by atoms with Gasteiger partial charge in [0.25, 0.3) is 17.7 Å². The number of rotatable bonds is 7. The highest BCUT2D eigenvalue weighted by Crippen LogP contribution is 2.53. The second-order valence-electron chi connectivity index (χ2n) is 9.13. The minimum absolute atomic E-state index is 0.00243. The first-order valence-electron chi connectivity index (χ1n) is 11.4. The van der Waals surface area contributed by atoms with Gasteiger partial charge in [-0.1, -0.05) is 35.4 Å². The smallest absolute Gasteiger partial charge is 0.275 e. The average Bonchev–Trinajstić information content (AvgIpc) is 3.53. The first-order valence-corrected chi connectivity index (χ1v) is 12.7. The second kappa shape index (κ2) is 9.61. The molecule has 3 amide bonds. The van der Waals surface area contributed by atoms with Crippen LogP contribution in [0.25, 0.3) is 0 Å². The van der Waals surface area contributed by atoms with Gasteiger partial charge in [-0.15, -0.1) is 11.6 Å². The van der Waals surface area contributed by atoms with Crippen molar-refractivity contribution in [2.75, 3.05) is 5.88 Å². The van der Waals surface area contributed by atoms with E-state index >= 15 is 0 Å². The van der Waals surface area contributed by atoms with Crippen LogP contribution in [0.1, 0.15) is 33.6 Å². The molecule has 0 N–H and O–H groups in total. The van der Waals surface area contributed by atoms with E-state index in [-0.39, 0.29) is 45.3 Å². The Hall–Kier alpha value is -2.74. The van der Waals surface area contributed by atoms with Crippen molar-refractivity contribution in [2.45, 2.75) is 18.9 Å². The van der Waals surface area contributed by atoms with E-state index in [1.165, 1.54) is 30.3 Å². The number of benzene rings is 2. The van der Waals surface area contributed by atoms with Gasteiger partial charge in [0, 0.05) is 16.5 Å². The molecule has 1 saturated heterocycles. The zero-order valence-electron chi connectivity index (χ0n) is 18.7. The number of nitrogens with zero attached hydrogens (tertiary/aromatic N) is 2.